The predicted octanol–water partition coefficient (Wildman–Crippen LogP) is 4.81. The van der Waals surface area contributed by atoms with Crippen molar-refractivity contribution in [2.75, 3.05) is 42.2 Å². The van der Waals surface area contributed by atoms with Gasteiger partial charge in [0.05, 0.1) is 17.3 Å². The van der Waals surface area contributed by atoms with Gasteiger partial charge in [-0.15, -0.1) is 0 Å². The van der Waals surface area contributed by atoms with Gasteiger partial charge in [0.1, 0.15) is 11.3 Å². The fraction of sp³-hybridized carbons (Fsp3) is 0.310. The molecule has 0 aliphatic carbocycles. The number of anilines is 3. The van der Waals surface area contributed by atoms with Crippen LogP contribution in [-0.2, 0) is 4.79 Å². The Morgan fingerprint density at radius 3 is 2.71 bits per heavy atom. The van der Waals surface area contributed by atoms with Gasteiger partial charge in [-0.3, -0.25) is 9.69 Å². The number of hydrogen-bond donors (Lipinski definition) is 5. The van der Waals surface area contributed by atoms with Crippen molar-refractivity contribution in [2.24, 2.45) is 5.73 Å². The third kappa shape index (κ3) is 6.99. The van der Waals surface area contributed by atoms with E-state index >= 15 is 0 Å². The van der Waals surface area contributed by atoms with Crippen LogP contribution in [0.1, 0.15) is 19.8 Å². The van der Waals surface area contributed by atoms with Crippen LogP contribution in [0.4, 0.5) is 17.2 Å². The fourth-order valence-corrected chi connectivity index (χ4v) is 5.73. The molecule has 0 radical (unpaired) electrons. The molecule has 1 unspecified atom stereocenters. The molecule has 5 rings (SSSR count). The lowest BCUT2D eigenvalue weighted by atomic mass is 9.91. The predicted molar refractivity (Wildman–Crippen MR) is 163 cm³/mol. The van der Waals surface area contributed by atoms with E-state index in [4.69, 9.17) is 27.2 Å². The van der Waals surface area contributed by atoms with Crippen molar-refractivity contribution in [3.8, 4) is 5.75 Å². The first-order chi connectivity index (χ1) is 19.7. The molecule has 12 heteroatoms. The molecule has 1 saturated heterocycles. The smallest absolute Gasteiger partial charge is 0.204 e. The lowest BCUT2D eigenvalue weighted by Gasteiger charge is -2.39. The Labute approximate surface area is 248 Å². The van der Waals surface area contributed by atoms with E-state index in [1.165, 1.54) is 11.8 Å². The zero-order chi connectivity index (χ0) is 29.0. The van der Waals surface area contributed by atoms with Crippen molar-refractivity contribution in [3.63, 3.8) is 0 Å². The summed E-state index contributed by atoms with van der Waals surface area (Å²) in [7, 11) is 1.79. The van der Waals surface area contributed by atoms with Gasteiger partial charge in [-0.25, -0.2) is 10.5 Å². The number of carbonyl (C=O) groups excluding carboxylic acids is 1. The maximum absolute atomic E-state index is 12.7. The van der Waals surface area contributed by atoms with Gasteiger partial charge in [0.25, 0.3) is 0 Å². The summed E-state index contributed by atoms with van der Waals surface area (Å²) >= 11 is 8.06. The molecule has 216 valence electrons. The first-order valence-corrected chi connectivity index (χ1v) is 14.5. The number of ketones is 1. The van der Waals surface area contributed by atoms with Gasteiger partial charge in [-0.1, -0.05) is 47.6 Å². The highest BCUT2D eigenvalue weighted by Crippen LogP contribution is 2.40. The summed E-state index contributed by atoms with van der Waals surface area (Å²) in [4.78, 5) is 28.0. The molecular weight excluding hydrogens is 562 g/mol. The van der Waals surface area contributed by atoms with Crippen LogP contribution in [0.2, 0.25) is 5.02 Å². The number of carbonyl (C=O) groups is 1. The Morgan fingerprint density at radius 1 is 1.22 bits per heavy atom. The van der Waals surface area contributed by atoms with E-state index in [2.05, 4.69) is 27.9 Å². The Bertz CT molecular complexity index is 1410. The first-order valence-electron chi connectivity index (χ1n) is 13.3. The van der Waals surface area contributed by atoms with Crippen LogP contribution in [0.3, 0.4) is 0 Å². The highest BCUT2D eigenvalue weighted by atomic mass is 35.5. The molecular formula is C29H34ClN7O3S. The van der Waals surface area contributed by atoms with Gasteiger partial charge in [0, 0.05) is 36.3 Å². The number of hydroxylamine groups is 1. The minimum absolute atomic E-state index is 0.0239. The molecule has 0 spiro atoms. The summed E-state index contributed by atoms with van der Waals surface area (Å²) in [6.07, 6.45) is 2.55. The van der Waals surface area contributed by atoms with Gasteiger partial charge in [0.2, 0.25) is 5.78 Å². The summed E-state index contributed by atoms with van der Waals surface area (Å²) < 4.78 is 0. The number of nitrogens with zero attached hydrogens (tertiary/aromatic N) is 3. The van der Waals surface area contributed by atoms with E-state index in [1.54, 1.807) is 24.1 Å². The van der Waals surface area contributed by atoms with Crippen LogP contribution in [-0.4, -0.2) is 59.3 Å². The second kappa shape index (κ2) is 12.5. The van der Waals surface area contributed by atoms with E-state index in [0.717, 1.165) is 53.0 Å². The van der Waals surface area contributed by atoms with Crippen LogP contribution < -0.4 is 31.6 Å². The Kier molecular flexibility index (Phi) is 8.79. The summed E-state index contributed by atoms with van der Waals surface area (Å²) in [5, 5.41) is 17.7. The van der Waals surface area contributed by atoms with Crippen LogP contribution >= 0.6 is 23.4 Å². The molecule has 0 amide bonds. The van der Waals surface area contributed by atoms with Gasteiger partial charge >= 0.3 is 0 Å². The molecule has 1 atom stereocenters. The molecule has 3 aromatic rings. The standard InChI is InChI=1S/C29H34ClN7O3S/c1-29(31)13-15-37(16-14-29)28-32-20-11-12-25(33-27(20)34-28)41-24-10-6-9-23(26(24)30)40-35-21(18-38)22(39)17-36(2)19-7-4-3-5-8-19/h3-12,18,28,32,35,38H,13-17,31H2,1-2H3,(H,33,34)/b21-18+. The van der Waals surface area contributed by atoms with E-state index in [0.29, 0.717) is 17.0 Å². The third-order valence-electron chi connectivity index (χ3n) is 7.16. The zero-order valence-corrected chi connectivity index (χ0v) is 24.5. The average molecular weight is 596 g/mol. The number of fused-ring (bicyclic) bond motifs is 1. The number of para-hydroxylation sites is 1. The lowest BCUT2D eigenvalue weighted by Crippen LogP contribution is -2.54. The summed E-state index contributed by atoms with van der Waals surface area (Å²) in [6.45, 7) is 3.96. The molecule has 1 aromatic heterocycles. The van der Waals surface area contributed by atoms with E-state index in [-0.39, 0.29) is 29.9 Å². The molecule has 1 fully saturated rings. The molecule has 0 saturated carbocycles. The highest BCUT2D eigenvalue weighted by molar-refractivity contribution is 7.99. The van der Waals surface area contributed by atoms with Gasteiger partial charge in [0.15, 0.2) is 23.6 Å². The van der Waals surface area contributed by atoms with Crippen LogP contribution in [0, 0.1) is 0 Å². The maximum Gasteiger partial charge on any atom is 0.204 e. The number of halogens is 1. The minimum atomic E-state index is -0.358. The number of aromatic nitrogens is 1. The lowest BCUT2D eigenvalue weighted by molar-refractivity contribution is -0.115. The number of likely N-dealkylation sites (tertiary alicyclic amines) is 1. The molecule has 10 nitrogen and oxygen atoms in total. The largest absolute Gasteiger partial charge is 0.513 e. The van der Waals surface area contributed by atoms with Crippen LogP contribution in [0.15, 0.2) is 82.5 Å². The van der Waals surface area contributed by atoms with Crippen molar-refractivity contribution in [1.29, 1.82) is 0 Å². The van der Waals surface area contributed by atoms with E-state index < -0.39 is 0 Å². The Balaban J connectivity index is 1.19. The van der Waals surface area contributed by atoms with Gasteiger partial charge < -0.3 is 31.2 Å². The summed E-state index contributed by atoms with van der Waals surface area (Å²) in [6, 6.07) is 18.7. The Hall–Kier alpha value is -3.64. The van der Waals surface area contributed by atoms with Crippen molar-refractivity contribution in [3.05, 3.63) is 77.6 Å². The van der Waals surface area contributed by atoms with Gasteiger partial charge in [-0.05, 0) is 56.2 Å². The monoisotopic (exact) mass is 595 g/mol. The number of likely N-dealkylation sites (N-methyl/N-ethyl adjacent to an activating group) is 1. The molecule has 41 heavy (non-hydrogen) atoms. The van der Waals surface area contributed by atoms with Crippen LogP contribution in [0.25, 0.3) is 0 Å². The Morgan fingerprint density at radius 2 is 1.98 bits per heavy atom. The summed E-state index contributed by atoms with van der Waals surface area (Å²) in [5.41, 5.74) is 10.4. The zero-order valence-electron chi connectivity index (χ0n) is 22.9. The topological polar surface area (TPSA) is 128 Å². The normalized spacial score (nSPS) is 18.1. The second-order valence-corrected chi connectivity index (χ2v) is 11.9. The van der Waals surface area contributed by atoms with Gasteiger partial charge in [-0.2, -0.15) is 0 Å². The van der Waals surface area contributed by atoms with Crippen molar-refractivity contribution in [1.82, 2.24) is 15.4 Å². The average Bonchev–Trinajstić information content (AvgIpc) is 3.39. The van der Waals surface area contributed by atoms with Crippen molar-refractivity contribution >= 4 is 46.3 Å². The SMILES string of the molecule is CN(CC(=O)/C(=C\O)NOc1cccc(Sc2ccc3c(n2)NC(N2CCC(C)(N)CC2)N3)c1Cl)c1ccccc1. The van der Waals surface area contributed by atoms with Crippen LogP contribution in [0.5, 0.6) is 5.75 Å². The number of benzene rings is 2. The highest BCUT2D eigenvalue weighted by Gasteiger charge is 2.33. The van der Waals surface area contributed by atoms with E-state index in [9.17, 15) is 9.90 Å². The molecule has 2 aromatic carbocycles. The fourth-order valence-electron chi connectivity index (χ4n) is 4.61. The number of pyridine rings is 1. The number of nitrogens with two attached hydrogens (primary N) is 1. The minimum Gasteiger partial charge on any atom is -0.513 e. The molecule has 0 bridgehead atoms. The second-order valence-electron chi connectivity index (χ2n) is 10.5. The molecule has 3 heterocycles. The number of hydrogen-bond acceptors (Lipinski definition) is 11. The summed E-state index contributed by atoms with van der Waals surface area (Å²) in [5.74, 6) is 0.727. The third-order valence-corrected chi connectivity index (χ3v) is 8.66. The number of piperidine rings is 1. The molecule has 2 aliphatic rings. The first kappa shape index (κ1) is 28.9. The number of aliphatic hydroxyl groups excluding tert-OH is 1. The number of nitrogens with one attached hydrogen (secondary N) is 3. The van der Waals surface area contributed by atoms with Crippen molar-refractivity contribution < 1.29 is 14.7 Å². The molecule has 6 N–H and O–H groups in total. The molecule has 2 aliphatic heterocycles. The number of rotatable bonds is 10. The van der Waals surface area contributed by atoms with Crippen molar-refractivity contribution in [2.45, 2.75) is 41.5 Å². The van der Waals surface area contributed by atoms with E-state index in [1.807, 2.05) is 48.5 Å². The number of aliphatic hydroxyl groups is 1. The number of Topliss-reactive ketones (excluding diaryl/α,β-unsaturated/α-hetero) is 1. The maximum atomic E-state index is 12.7. The quantitative estimate of drug-likeness (QED) is 0.126.